The number of allylic oxidation sites excluding steroid dienone is 3. The largest absolute Gasteiger partial charge is 0.506 e. The van der Waals surface area contributed by atoms with Crippen LogP contribution in [-0.2, 0) is 10.2 Å². The van der Waals surface area contributed by atoms with E-state index in [1.54, 1.807) is 18.2 Å². The number of aromatic carboxylic acids is 1. The van der Waals surface area contributed by atoms with E-state index in [9.17, 15) is 19.8 Å². The summed E-state index contributed by atoms with van der Waals surface area (Å²) in [5, 5.41) is 24.0. The molecule has 3 aromatic carbocycles. The maximum absolute atomic E-state index is 13.5. The number of para-hydroxylation sites is 2. The lowest BCUT2D eigenvalue weighted by Crippen LogP contribution is -2.30. The number of carbonyl (C=O) groups is 2. The van der Waals surface area contributed by atoms with E-state index in [0.29, 0.717) is 12.1 Å². The van der Waals surface area contributed by atoms with Crippen LogP contribution in [0.15, 0.2) is 96.3 Å². The van der Waals surface area contributed by atoms with Gasteiger partial charge in [-0.05, 0) is 57.2 Å². The molecule has 41 heavy (non-hydrogen) atoms. The molecule has 5 aromatic rings. The van der Waals surface area contributed by atoms with Crippen molar-refractivity contribution in [3.63, 3.8) is 0 Å². The minimum Gasteiger partial charge on any atom is -0.506 e. The van der Waals surface area contributed by atoms with Crippen molar-refractivity contribution < 1.29 is 24.4 Å². The van der Waals surface area contributed by atoms with Crippen molar-refractivity contribution in [2.24, 2.45) is 0 Å². The summed E-state index contributed by atoms with van der Waals surface area (Å²) in [7, 11) is 0. The van der Waals surface area contributed by atoms with Crippen LogP contribution in [0.3, 0.4) is 0 Å². The van der Waals surface area contributed by atoms with Crippen molar-refractivity contribution in [1.82, 2.24) is 4.57 Å². The molecular weight excluding hydrogens is 532 g/mol. The number of rotatable bonds is 5. The van der Waals surface area contributed by atoms with Gasteiger partial charge < -0.3 is 14.8 Å². The number of fused-ring (bicyclic) bond motifs is 4. The first kappa shape index (κ1) is 25.2. The number of carboxylic acids is 1. The van der Waals surface area contributed by atoms with Gasteiger partial charge in [-0.1, -0.05) is 36.4 Å². The van der Waals surface area contributed by atoms with Crippen molar-refractivity contribution in [2.45, 2.75) is 26.2 Å². The number of aromatic nitrogens is 1. The molecule has 0 bridgehead atoms. The number of ketones is 1. The first-order valence-electron chi connectivity index (χ1n) is 13.5. The molecule has 2 N–H and O–H groups in total. The minimum absolute atomic E-state index is 0.00726. The minimum atomic E-state index is -0.978. The Labute approximate surface area is 240 Å². The summed E-state index contributed by atoms with van der Waals surface area (Å²) in [6.07, 6.45) is 1.77. The zero-order chi connectivity index (χ0) is 28.6. The number of aliphatic hydroxyl groups excluding tert-OH is 1. The molecule has 0 radical (unpaired) electrons. The second-order valence-electron chi connectivity index (χ2n) is 10.9. The quantitative estimate of drug-likeness (QED) is 0.173. The third kappa shape index (κ3) is 3.52. The number of hydrogen-bond acceptors (Lipinski definition) is 4. The third-order valence-electron chi connectivity index (χ3n) is 8.34. The van der Waals surface area contributed by atoms with Gasteiger partial charge in [0.1, 0.15) is 17.3 Å². The number of hydrogen-bond donors (Lipinski definition) is 2. The van der Waals surface area contributed by atoms with E-state index in [1.807, 2.05) is 63.2 Å². The molecule has 0 amide bonds. The highest BCUT2D eigenvalue weighted by molar-refractivity contribution is 7.16. The molecule has 0 spiro atoms. The second kappa shape index (κ2) is 8.88. The number of aliphatic hydroxyl groups is 1. The normalized spacial score (nSPS) is 17.1. The summed E-state index contributed by atoms with van der Waals surface area (Å²) < 4.78 is 4.28. The maximum atomic E-state index is 13.5. The molecule has 0 saturated carbocycles. The predicted octanol–water partition coefficient (Wildman–Crippen LogP) is 7.42. The number of carbonyl (C=O) groups excluding carboxylic acids is 1. The fourth-order valence-electron chi connectivity index (χ4n) is 6.27. The molecular formula is C34H27N2O4S+. The van der Waals surface area contributed by atoms with Gasteiger partial charge in [0.25, 0.3) is 0 Å². The molecule has 1 aliphatic carbocycles. The van der Waals surface area contributed by atoms with Gasteiger partial charge >= 0.3 is 5.97 Å². The molecule has 7 heteroatoms. The molecule has 1 aliphatic heterocycles. The molecule has 202 valence electrons. The fraction of sp³-hybridized carbons (Fsp3) is 0.147. The molecule has 7 rings (SSSR count). The SMILES string of the molecule is CC[N+]1=C(C=C2C(=O)C(c3ccc(-n4c5ccccc5c5ccccc54)s3)=C2O)C(C)(C)c2cc(C(=O)O)ccc21. The highest BCUT2D eigenvalue weighted by Gasteiger charge is 2.46. The van der Waals surface area contributed by atoms with E-state index in [-0.39, 0.29) is 22.7 Å². The first-order valence-corrected chi connectivity index (χ1v) is 14.4. The average Bonchev–Trinajstić information content (AvgIpc) is 3.62. The first-order chi connectivity index (χ1) is 19.7. The Morgan fingerprint density at radius 1 is 0.976 bits per heavy atom. The van der Waals surface area contributed by atoms with Crippen molar-refractivity contribution in [2.75, 3.05) is 6.54 Å². The summed E-state index contributed by atoms with van der Waals surface area (Å²) in [5.74, 6) is -1.18. The standard InChI is InChI=1S/C34H26N2O4S/c1-4-35-26-14-13-19(33(39)40)17-23(26)34(2,3)28(35)18-22-31(37)30(32(22)38)27-15-16-29(41-27)36-24-11-7-5-9-20(24)21-10-6-8-12-25(21)36/h5-18H,4H2,1-3H3,(H-,37,38,39,40)/p+1. The van der Waals surface area contributed by atoms with E-state index in [1.165, 1.54) is 22.1 Å². The maximum Gasteiger partial charge on any atom is 0.335 e. The van der Waals surface area contributed by atoms with E-state index in [2.05, 4.69) is 33.4 Å². The lowest BCUT2D eigenvalue weighted by molar-refractivity contribution is -0.433. The third-order valence-corrected chi connectivity index (χ3v) is 9.43. The molecule has 2 aromatic heterocycles. The summed E-state index contributed by atoms with van der Waals surface area (Å²) in [6.45, 7) is 6.68. The van der Waals surface area contributed by atoms with Crippen LogP contribution in [-0.4, -0.2) is 43.4 Å². The van der Waals surface area contributed by atoms with Crippen molar-refractivity contribution >= 4 is 61.9 Å². The Morgan fingerprint density at radius 3 is 2.24 bits per heavy atom. The zero-order valence-corrected chi connectivity index (χ0v) is 23.6. The van der Waals surface area contributed by atoms with Crippen LogP contribution < -0.4 is 0 Å². The lowest BCUT2D eigenvalue weighted by atomic mass is 9.78. The fourth-order valence-corrected chi connectivity index (χ4v) is 7.35. The van der Waals surface area contributed by atoms with E-state index < -0.39 is 11.4 Å². The van der Waals surface area contributed by atoms with Gasteiger partial charge in [0, 0.05) is 33.4 Å². The van der Waals surface area contributed by atoms with Gasteiger partial charge in [-0.25, -0.2) is 4.79 Å². The van der Waals surface area contributed by atoms with Crippen LogP contribution in [0, 0.1) is 0 Å². The lowest BCUT2D eigenvalue weighted by Gasteiger charge is -2.22. The number of thiophene rings is 1. The Bertz CT molecular complexity index is 2020. The Morgan fingerprint density at radius 2 is 1.63 bits per heavy atom. The monoisotopic (exact) mass is 559 g/mol. The van der Waals surface area contributed by atoms with Gasteiger partial charge in [0.05, 0.1) is 33.2 Å². The smallest absolute Gasteiger partial charge is 0.335 e. The Hall–Kier alpha value is -4.75. The van der Waals surface area contributed by atoms with Crippen LogP contribution in [0.2, 0.25) is 0 Å². The molecule has 0 unspecified atom stereocenters. The molecule has 6 nitrogen and oxygen atoms in total. The van der Waals surface area contributed by atoms with Gasteiger partial charge in [0.2, 0.25) is 11.5 Å². The Balaban J connectivity index is 1.29. The van der Waals surface area contributed by atoms with Gasteiger partial charge in [-0.3, -0.25) is 4.79 Å². The number of benzene rings is 3. The summed E-state index contributed by atoms with van der Waals surface area (Å²) in [6, 6.07) is 25.6. The average molecular weight is 560 g/mol. The van der Waals surface area contributed by atoms with E-state index >= 15 is 0 Å². The molecule has 2 aliphatic rings. The zero-order valence-electron chi connectivity index (χ0n) is 22.8. The van der Waals surface area contributed by atoms with Gasteiger partial charge in [0.15, 0.2) is 5.71 Å². The summed E-state index contributed by atoms with van der Waals surface area (Å²) >= 11 is 1.48. The highest BCUT2D eigenvalue weighted by atomic mass is 32.1. The number of carboxylic acid groups (broad SMARTS) is 1. The number of Topliss-reactive ketones (excluding diaryl/α,β-unsaturated/α-hetero) is 1. The van der Waals surface area contributed by atoms with Crippen molar-refractivity contribution in [1.29, 1.82) is 0 Å². The van der Waals surface area contributed by atoms with Crippen LogP contribution >= 0.6 is 11.3 Å². The predicted molar refractivity (Wildman–Crippen MR) is 163 cm³/mol. The molecule has 0 atom stereocenters. The van der Waals surface area contributed by atoms with E-state index in [4.69, 9.17) is 0 Å². The van der Waals surface area contributed by atoms with Crippen LogP contribution in [0.1, 0.15) is 41.6 Å². The summed E-state index contributed by atoms with van der Waals surface area (Å²) in [4.78, 5) is 25.9. The summed E-state index contributed by atoms with van der Waals surface area (Å²) in [5.41, 5.74) is 5.11. The highest BCUT2D eigenvalue weighted by Crippen LogP contribution is 2.45. The molecule has 0 saturated heterocycles. The van der Waals surface area contributed by atoms with Crippen molar-refractivity contribution in [3.05, 3.63) is 112 Å². The van der Waals surface area contributed by atoms with Crippen LogP contribution in [0.4, 0.5) is 5.69 Å². The van der Waals surface area contributed by atoms with E-state index in [0.717, 1.165) is 37.9 Å². The second-order valence-corrected chi connectivity index (χ2v) is 12.0. The molecule has 0 fully saturated rings. The topological polar surface area (TPSA) is 82.5 Å². The van der Waals surface area contributed by atoms with Gasteiger partial charge in [-0.2, -0.15) is 4.58 Å². The van der Waals surface area contributed by atoms with Crippen molar-refractivity contribution in [3.8, 4) is 5.00 Å². The number of nitrogens with zero attached hydrogens (tertiary/aromatic N) is 2. The van der Waals surface area contributed by atoms with Crippen LogP contribution in [0.5, 0.6) is 0 Å². The van der Waals surface area contributed by atoms with Crippen LogP contribution in [0.25, 0.3) is 32.4 Å². The van der Waals surface area contributed by atoms with Gasteiger partial charge in [-0.15, -0.1) is 11.3 Å². The Kier molecular flexibility index (Phi) is 5.46. The molecule has 3 heterocycles.